The van der Waals surface area contributed by atoms with Crippen molar-refractivity contribution in [2.24, 2.45) is 7.05 Å². The van der Waals surface area contributed by atoms with Gasteiger partial charge >= 0.3 is 0 Å². The predicted molar refractivity (Wildman–Crippen MR) is 169 cm³/mol. The number of carbonyl (C=O) groups excluding carboxylic acids is 1. The van der Waals surface area contributed by atoms with E-state index in [9.17, 15) is 4.79 Å². The molecule has 5 heterocycles. The van der Waals surface area contributed by atoms with Crippen LogP contribution in [-0.4, -0.2) is 100 Å². The number of methoxy groups -OCH3 is 1. The molecule has 0 saturated carbocycles. The van der Waals surface area contributed by atoms with Crippen LogP contribution in [0.1, 0.15) is 23.3 Å². The largest absolute Gasteiger partial charge is 0.494 e. The maximum Gasteiger partial charge on any atom is 0.273 e. The molecule has 0 bridgehead atoms. The van der Waals surface area contributed by atoms with Crippen molar-refractivity contribution in [1.82, 2.24) is 45.5 Å². The topological polar surface area (TPSA) is 150 Å². The number of piperazine rings is 1. The molecule has 14 nitrogen and oxygen atoms in total. The molecule has 0 spiro atoms. The summed E-state index contributed by atoms with van der Waals surface area (Å²) in [5.74, 6) is 1.72. The van der Waals surface area contributed by atoms with Gasteiger partial charge in [0.15, 0.2) is 23.1 Å². The Bertz CT molecular complexity index is 1580. The summed E-state index contributed by atoms with van der Waals surface area (Å²) in [4.78, 5) is 26.7. The van der Waals surface area contributed by atoms with Gasteiger partial charge in [-0.3, -0.25) is 14.4 Å². The number of nitrogens with zero attached hydrogens (tertiary/aromatic N) is 8. The predicted octanol–water partition coefficient (Wildman–Crippen LogP) is 2.40. The molecule has 4 aromatic rings. The Morgan fingerprint density at radius 2 is 1.80 bits per heavy atom. The minimum atomic E-state index is -0.379. The van der Waals surface area contributed by atoms with Gasteiger partial charge in [0.1, 0.15) is 12.1 Å². The van der Waals surface area contributed by atoms with Gasteiger partial charge in [0.05, 0.1) is 35.9 Å². The van der Waals surface area contributed by atoms with Gasteiger partial charge in [-0.15, -0.1) is 10.2 Å². The number of nitrogens with one attached hydrogen (secondary N) is 4. The summed E-state index contributed by atoms with van der Waals surface area (Å²) < 4.78 is 7.36. The number of aryl methyl sites for hydroxylation is 1. The maximum atomic E-state index is 12.7. The average Bonchev–Trinajstić information content (AvgIpc) is 3.51. The van der Waals surface area contributed by atoms with E-state index in [1.165, 1.54) is 12.8 Å². The summed E-state index contributed by atoms with van der Waals surface area (Å²) in [6.07, 6.45) is 5.97. The summed E-state index contributed by atoms with van der Waals surface area (Å²) in [6.45, 7) is 6.34. The summed E-state index contributed by atoms with van der Waals surface area (Å²) >= 11 is 0. The Morgan fingerprint density at radius 1 is 0.977 bits per heavy atom. The molecular weight excluding hydrogens is 560 g/mol. The molecule has 44 heavy (non-hydrogen) atoms. The Hall–Kier alpha value is -4.82. The second-order valence-corrected chi connectivity index (χ2v) is 10.9. The van der Waals surface area contributed by atoms with Crippen molar-refractivity contribution in [3.63, 3.8) is 0 Å². The highest BCUT2D eigenvalue weighted by Crippen LogP contribution is 2.37. The highest BCUT2D eigenvalue weighted by Gasteiger charge is 2.25. The Kier molecular flexibility index (Phi) is 8.79. The molecule has 3 aromatic heterocycles. The number of hydrogen-bond donors (Lipinski definition) is 4. The molecule has 2 fully saturated rings. The lowest BCUT2D eigenvalue weighted by Gasteiger charge is -2.41. The third-order valence-corrected chi connectivity index (χ3v) is 8.07. The molecule has 2 aliphatic rings. The second-order valence-electron chi connectivity index (χ2n) is 10.9. The number of ether oxygens (including phenoxy) is 1. The Morgan fingerprint density at radius 3 is 2.48 bits per heavy atom. The lowest BCUT2D eigenvalue weighted by molar-refractivity contribution is 0.0958. The van der Waals surface area contributed by atoms with E-state index in [4.69, 9.17) is 4.74 Å². The quantitative estimate of drug-likeness (QED) is 0.224. The number of hydrogen-bond acceptors (Lipinski definition) is 12. The molecule has 14 heteroatoms. The van der Waals surface area contributed by atoms with E-state index >= 15 is 0 Å². The average molecular weight is 599 g/mol. The third-order valence-electron chi connectivity index (χ3n) is 8.07. The van der Waals surface area contributed by atoms with Gasteiger partial charge in [0.25, 0.3) is 5.91 Å². The van der Waals surface area contributed by atoms with E-state index in [1.807, 2.05) is 30.5 Å². The van der Waals surface area contributed by atoms with Crippen LogP contribution in [0.15, 0.2) is 48.9 Å². The molecule has 1 amide bonds. The van der Waals surface area contributed by atoms with Gasteiger partial charge in [0, 0.05) is 52.4 Å². The maximum absolute atomic E-state index is 12.7. The number of amides is 1. The third kappa shape index (κ3) is 6.40. The smallest absolute Gasteiger partial charge is 0.273 e. The molecule has 4 N–H and O–H groups in total. The molecule has 0 radical (unpaired) electrons. The van der Waals surface area contributed by atoms with Crippen LogP contribution in [0.5, 0.6) is 5.75 Å². The van der Waals surface area contributed by atoms with Gasteiger partial charge in [-0.1, -0.05) is 6.07 Å². The van der Waals surface area contributed by atoms with Gasteiger partial charge in [-0.05, 0) is 50.2 Å². The van der Waals surface area contributed by atoms with E-state index in [-0.39, 0.29) is 11.6 Å². The monoisotopic (exact) mass is 598 g/mol. The van der Waals surface area contributed by atoms with E-state index in [0.717, 1.165) is 45.0 Å². The zero-order valence-corrected chi connectivity index (χ0v) is 25.2. The van der Waals surface area contributed by atoms with Crippen molar-refractivity contribution < 1.29 is 9.53 Å². The number of pyridine rings is 1. The van der Waals surface area contributed by atoms with Crippen LogP contribution < -0.4 is 30.9 Å². The molecule has 6 rings (SSSR count). The molecule has 230 valence electrons. The van der Waals surface area contributed by atoms with E-state index in [2.05, 4.69) is 62.4 Å². The molecule has 2 saturated heterocycles. The van der Waals surface area contributed by atoms with Crippen LogP contribution in [0.25, 0.3) is 11.4 Å². The van der Waals surface area contributed by atoms with E-state index < -0.39 is 0 Å². The number of aromatic nitrogens is 6. The summed E-state index contributed by atoms with van der Waals surface area (Å²) in [5.41, 5.74) is 2.99. The van der Waals surface area contributed by atoms with Crippen molar-refractivity contribution in [3.8, 4) is 17.1 Å². The van der Waals surface area contributed by atoms with Crippen LogP contribution in [0, 0.1) is 0 Å². The number of benzene rings is 1. The first-order valence-corrected chi connectivity index (χ1v) is 14.8. The lowest BCUT2D eigenvalue weighted by Crippen LogP contribution is -2.52. The minimum Gasteiger partial charge on any atom is -0.494 e. The van der Waals surface area contributed by atoms with Gasteiger partial charge in [-0.25, -0.2) is 9.97 Å². The van der Waals surface area contributed by atoms with E-state index in [1.54, 1.807) is 38.3 Å². The number of rotatable bonds is 9. The highest BCUT2D eigenvalue weighted by molar-refractivity contribution is 5.99. The lowest BCUT2D eigenvalue weighted by atomic mass is 10.0. The zero-order valence-electron chi connectivity index (χ0n) is 25.2. The zero-order chi connectivity index (χ0) is 30.5. The van der Waals surface area contributed by atoms with Crippen molar-refractivity contribution in [3.05, 3.63) is 54.6 Å². The van der Waals surface area contributed by atoms with Crippen LogP contribution in [0.3, 0.4) is 0 Å². The second kappa shape index (κ2) is 13.2. The Balaban J connectivity index is 1.17. The first kappa shape index (κ1) is 29.3. The summed E-state index contributed by atoms with van der Waals surface area (Å²) in [7, 11) is 4.93. The first-order chi connectivity index (χ1) is 21.5. The molecule has 0 aliphatic carbocycles. The number of para-hydroxylation sites is 1. The van der Waals surface area contributed by atoms with Crippen LogP contribution >= 0.6 is 0 Å². The molecule has 0 unspecified atom stereocenters. The normalized spacial score (nSPS) is 16.0. The van der Waals surface area contributed by atoms with Crippen LogP contribution in [0.4, 0.5) is 28.7 Å². The van der Waals surface area contributed by atoms with Crippen molar-refractivity contribution in [2.45, 2.75) is 18.9 Å². The first-order valence-electron chi connectivity index (χ1n) is 14.8. The van der Waals surface area contributed by atoms with Gasteiger partial charge in [-0.2, -0.15) is 5.10 Å². The van der Waals surface area contributed by atoms with Crippen molar-refractivity contribution in [2.75, 3.05) is 69.0 Å². The van der Waals surface area contributed by atoms with Crippen molar-refractivity contribution >= 4 is 34.6 Å². The van der Waals surface area contributed by atoms with Gasteiger partial charge in [0.2, 0.25) is 0 Å². The fourth-order valence-corrected chi connectivity index (χ4v) is 5.77. The highest BCUT2D eigenvalue weighted by atomic mass is 16.5. The van der Waals surface area contributed by atoms with Crippen LogP contribution in [-0.2, 0) is 7.05 Å². The SMILES string of the molecule is CNC(=O)c1nnc(Nc2ccc(N3CCN(C4CCNCC4)CC3)cn2)cc1Nc1cccc(-c2ncn(C)n2)c1OC. The molecule has 1 aromatic carbocycles. The standard InChI is InChI=1S/C30H38N12O2/c1-31-30(43)27-24(35-23-6-4-5-22(28(23)44-3)29-34-19-40(2)39-29)17-26(37-38-27)36-25-8-7-21(18-33-25)42-15-13-41(14-16-42)20-9-11-32-12-10-20/h4-8,17-20,32H,9-16H2,1-3H3,(H,31,43)(H2,33,35,36,37). The minimum absolute atomic E-state index is 0.133. The number of carbonyl (C=O) groups is 1. The van der Waals surface area contributed by atoms with Crippen LogP contribution in [0.2, 0.25) is 0 Å². The molecule has 2 aliphatic heterocycles. The number of anilines is 5. The summed E-state index contributed by atoms with van der Waals surface area (Å²) in [5, 5.41) is 25.5. The van der Waals surface area contributed by atoms with E-state index in [0.29, 0.717) is 46.2 Å². The Labute approximate surface area is 256 Å². The van der Waals surface area contributed by atoms with Gasteiger partial charge < -0.3 is 30.9 Å². The van der Waals surface area contributed by atoms with Crippen molar-refractivity contribution in [1.29, 1.82) is 0 Å². The molecule has 0 atom stereocenters. The fraction of sp³-hybridized carbons (Fsp3) is 0.400. The molecular formula is C30H38N12O2. The summed E-state index contributed by atoms with van der Waals surface area (Å²) in [6, 6.07) is 12.0. The number of piperidine rings is 1. The fourth-order valence-electron chi connectivity index (χ4n) is 5.77.